The SMILES string of the molecule is CN(Cc1ccccc1)c1c(N)cccc1C(=O)O. The molecule has 0 fully saturated rings. The summed E-state index contributed by atoms with van der Waals surface area (Å²) in [5.74, 6) is -0.970. The quantitative estimate of drug-likeness (QED) is 0.825. The predicted molar refractivity (Wildman–Crippen MR) is 76.4 cm³/mol. The maximum Gasteiger partial charge on any atom is 0.337 e. The minimum Gasteiger partial charge on any atom is -0.478 e. The van der Waals surface area contributed by atoms with E-state index in [1.165, 1.54) is 0 Å². The Morgan fingerprint density at radius 1 is 1.16 bits per heavy atom. The molecule has 0 amide bonds. The van der Waals surface area contributed by atoms with Crippen molar-refractivity contribution in [1.82, 2.24) is 0 Å². The fourth-order valence-corrected chi connectivity index (χ4v) is 2.10. The molecule has 0 aliphatic rings. The topological polar surface area (TPSA) is 66.6 Å². The monoisotopic (exact) mass is 256 g/mol. The van der Waals surface area contributed by atoms with Crippen LogP contribution in [0.1, 0.15) is 15.9 Å². The fraction of sp³-hybridized carbons (Fsp3) is 0.133. The molecule has 0 atom stereocenters. The molecular weight excluding hydrogens is 240 g/mol. The molecule has 19 heavy (non-hydrogen) atoms. The van der Waals surface area contributed by atoms with Gasteiger partial charge in [0.25, 0.3) is 0 Å². The molecule has 98 valence electrons. The molecule has 3 N–H and O–H groups in total. The second kappa shape index (κ2) is 5.44. The van der Waals surface area contributed by atoms with Gasteiger partial charge in [0.15, 0.2) is 0 Å². The molecule has 2 aromatic carbocycles. The van der Waals surface area contributed by atoms with Gasteiger partial charge in [-0.2, -0.15) is 0 Å². The van der Waals surface area contributed by atoms with Gasteiger partial charge in [0.2, 0.25) is 0 Å². The lowest BCUT2D eigenvalue weighted by Crippen LogP contribution is -2.20. The molecule has 0 spiro atoms. The summed E-state index contributed by atoms with van der Waals surface area (Å²) in [4.78, 5) is 13.1. The van der Waals surface area contributed by atoms with Crippen molar-refractivity contribution in [3.63, 3.8) is 0 Å². The number of hydrogen-bond acceptors (Lipinski definition) is 3. The van der Waals surface area contributed by atoms with Gasteiger partial charge < -0.3 is 15.7 Å². The van der Waals surface area contributed by atoms with E-state index < -0.39 is 5.97 Å². The van der Waals surface area contributed by atoms with Crippen LogP contribution >= 0.6 is 0 Å². The normalized spacial score (nSPS) is 10.2. The third-order valence-corrected chi connectivity index (χ3v) is 2.94. The van der Waals surface area contributed by atoms with Crippen LogP contribution in [-0.2, 0) is 6.54 Å². The second-order valence-electron chi connectivity index (χ2n) is 4.39. The molecule has 0 aliphatic carbocycles. The van der Waals surface area contributed by atoms with Crippen LogP contribution in [0.25, 0.3) is 0 Å². The number of nitrogens with zero attached hydrogens (tertiary/aromatic N) is 1. The minimum absolute atomic E-state index is 0.221. The molecule has 2 aromatic rings. The first-order valence-corrected chi connectivity index (χ1v) is 5.96. The summed E-state index contributed by atoms with van der Waals surface area (Å²) in [5.41, 5.74) is 8.26. The Kier molecular flexibility index (Phi) is 3.71. The summed E-state index contributed by atoms with van der Waals surface area (Å²) in [6.07, 6.45) is 0. The van der Waals surface area contributed by atoms with E-state index in [4.69, 9.17) is 5.73 Å². The van der Waals surface area contributed by atoms with Gasteiger partial charge in [-0.3, -0.25) is 0 Å². The van der Waals surface area contributed by atoms with Crippen LogP contribution in [0.3, 0.4) is 0 Å². The Balaban J connectivity index is 2.33. The zero-order valence-electron chi connectivity index (χ0n) is 10.7. The number of rotatable bonds is 4. The van der Waals surface area contributed by atoms with E-state index >= 15 is 0 Å². The zero-order valence-corrected chi connectivity index (χ0v) is 10.7. The average Bonchev–Trinajstić information content (AvgIpc) is 2.39. The highest BCUT2D eigenvalue weighted by Crippen LogP contribution is 2.28. The number of carbonyl (C=O) groups is 1. The van der Waals surface area contributed by atoms with Crippen molar-refractivity contribution < 1.29 is 9.90 Å². The van der Waals surface area contributed by atoms with Crippen molar-refractivity contribution in [3.8, 4) is 0 Å². The van der Waals surface area contributed by atoms with Crippen LogP contribution in [0.15, 0.2) is 48.5 Å². The Morgan fingerprint density at radius 2 is 1.84 bits per heavy atom. The van der Waals surface area contributed by atoms with Gasteiger partial charge in [0, 0.05) is 13.6 Å². The van der Waals surface area contributed by atoms with Gasteiger partial charge in [0.05, 0.1) is 16.9 Å². The lowest BCUT2D eigenvalue weighted by molar-refractivity contribution is 0.0697. The van der Waals surface area contributed by atoms with E-state index in [1.54, 1.807) is 18.2 Å². The van der Waals surface area contributed by atoms with E-state index in [0.717, 1.165) is 5.56 Å². The molecule has 2 rings (SSSR count). The van der Waals surface area contributed by atoms with Crippen LogP contribution in [0, 0.1) is 0 Å². The van der Waals surface area contributed by atoms with Crippen LogP contribution in [0.5, 0.6) is 0 Å². The Labute approximate surface area is 112 Å². The highest BCUT2D eigenvalue weighted by Gasteiger charge is 2.16. The maximum absolute atomic E-state index is 11.2. The molecule has 0 aromatic heterocycles. The number of carboxylic acid groups (broad SMARTS) is 1. The van der Waals surface area contributed by atoms with Crippen molar-refractivity contribution in [1.29, 1.82) is 0 Å². The first-order valence-electron chi connectivity index (χ1n) is 5.96. The van der Waals surface area contributed by atoms with Crippen LogP contribution < -0.4 is 10.6 Å². The van der Waals surface area contributed by atoms with Gasteiger partial charge in [-0.15, -0.1) is 0 Å². The first-order chi connectivity index (χ1) is 9.09. The third kappa shape index (κ3) is 2.85. The number of nitrogen functional groups attached to an aromatic ring is 1. The number of carboxylic acids is 1. The number of para-hydroxylation sites is 1. The second-order valence-corrected chi connectivity index (χ2v) is 4.39. The summed E-state index contributed by atoms with van der Waals surface area (Å²) in [6, 6.07) is 14.8. The smallest absolute Gasteiger partial charge is 0.337 e. The van der Waals surface area contributed by atoms with Crippen molar-refractivity contribution in [3.05, 3.63) is 59.7 Å². The van der Waals surface area contributed by atoms with Gasteiger partial charge in [-0.1, -0.05) is 36.4 Å². The van der Waals surface area contributed by atoms with E-state index in [9.17, 15) is 9.90 Å². The third-order valence-electron chi connectivity index (χ3n) is 2.94. The molecule has 0 unspecified atom stereocenters. The Morgan fingerprint density at radius 3 is 2.47 bits per heavy atom. The molecule has 0 saturated heterocycles. The summed E-state index contributed by atoms with van der Waals surface area (Å²) in [7, 11) is 1.84. The molecule has 0 aliphatic heterocycles. The molecule has 4 nitrogen and oxygen atoms in total. The fourth-order valence-electron chi connectivity index (χ4n) is 2.10. The Hall–Kier alpha value is -2.49. The van der Waals surface area contributed by atoms with Gasteiger partial charge in [-0.25, -0.2) is 4.79 Å². The number of benzene rings is 2. The molecule has 0 heterocycles. The van der Waals surface area contributed by atoms with Crippen molar-refractivity contribution in [2.75, 3.05) is 17.7 Å². The van der Waals surface area contributed by atoms with Crippen LogP contribution in [0.2, 0.25) is 0 Å². The van der Waals surface area contributed by atoms with E-state index in [0.29, 0.717) is 17.9 Å². The summed E-state index contributed by atoms with van der Waals surface area (Å²) >= 11 is 0. The van der Waals surface area contributed by atoms with Gasteiger partial charge in [0.1, 0.15) is 0 Å². The number of hydrogen-bond donors (Lipinski definition) is 2. The standard InChI is InChI=1S/C15H16N2O2/c1-17(10-11-6-3-2-4-7-11)14-12(15(18)19)8-5-9-13(14)16/h2-9H,10,16H2,1H3,(H,18,19). The van der Waals surface area contributed by atoms with Crippen LogP contribution in [0.4, 0.5) is 11.4 Å². The van der Waals surface area contributed by atoms with Gasteiger partial charge >= 0.3 is 5.97 Å². The first kappa shape index (κ1) is 13.0. The average molecular weight is 256 g/mol. The maximum atomic E-state index is 11.2. The van der Waals surface area contributed by atoms with Crippen molar-refractivity contribution in [2.45, 2.75) is 6.54 Å². The predicted octanol–water partition coefficient (Wildman–Crippen LogP) is 2.60. The molecule has 4 heteroatoms. The Bertz CT molecular complexity index is 582. The lowest BCUT2D eigenvalue weighted by Gasteiger charge is -2.23. The van der Waals surface area contributed by atoms with E-state index in [1.807, 2.05) is 42.3 Å². The summed E-state index contributed by atoms with van der Waals surface area (Å²) < 4.78 is 0. The lowest BCUT2D eigenvalue weighted by atomic mass is 10.1. The number of aromatic carboxylic acids is 1. The highest BCUT2D eigenvalue weighted by molar-refractivity contribution is 5.97. The number of anilines is 2. The van der Waals surface area contributed by atoms with Gasteiger partial charge in [-0.05, 0) is 17.7 Å². The van der Waals surface area contributed by atoms with E-state index in [-0.39, 0.29) is 5.56 Å². The summed E-state index contributed by atoms with van der Waals surface area (Å²) in [5, 5.41) is 9.22. The molecule has 0 radical (unpaired) electrons. The number of nitrogens with two attached hydrogens (primary N) is 1. The van der Waals surface area contributed by atoms with Crippen molar-refractivity contribution in [2.24, 2.45) is 0 Å². The van der Waals surface area contributed by atoms with E-state index in [2.05, 4.69) is 0 Å². The molecule has 0 saturated carbocycles. The highest BCUT2D eigenvalue weighted by atomic mass is 16.4. The zero-order chi connectivity index (χ0) is 13.8. The largest absolute Gasteiger partial charge is 0.478 e. The van der Waals surface area contributed by atoms with Crippen molar-refractivity contribution >= 4 is 17.3 Å². The van der Waals surface area contributed by atoms with Crippen LogP contribution in [-0.4, -0.2) is 18.1 Å². The minimum atomic E-state index is -0.970. The summed E-state index contributed by atoms with van der Waals surface area (Å²) in [6.45, 7) is 0.606. The molecular formula is C15H16N2O2. The molecule has 0 bridgehead atoms.